The van der Waals surface area contributed by atoms with Gasteiger partial charge in [0.15, 0.2) is 5.82 Å². The molecule has 2 atom stereocenters. The van der Waals surface area contributed by atoms with Crippen LogP contribution >= 0.6 is 0 Å². The molecule has 5 heterocycles. The maximum absolute atomic E-state index is 17.0. The summed E-state index contributed by atoms with van der Waals surface area (Å²) in [6.07, 6.45) is 16.7. The summed E-state index contributed by atoms with van der Waals surface area (Å²) in [6, 6.07) is 6.04. The average Bonchev–Trinajstić information content (AvgIpc) is 3.97. The SMILES string of the molecule is C#Cc1c(F)ccc2cc(O)cc(-c3ncc4c(N5CCCOCC5)nc(OC[C@]56CCC[C@H]5N(CCC5CN(C(=O)C7CC7)C5)CCC6)nc4c3F)c12. The highest BCUT2D eigenvalue weighted by Gasteiger charge is 2.49. The first kappa shape index (κ1) is 35.1. The van der Waals surface area contributed by atoms with E-state index in [1.54, 1.807) is 0 Å². The van der Waals surface area contributed by atoms with Crippen LogP contribution in [0, 0.1) is 41.2 Å². The Morgan fingerprint density at radius 2 is 1.91 bits per heavy atom. The van der Waals surface area contributed by atoms with Crippen LogP contribution in [-0.2, 0) is 9.53 Å². The van der Waals surface area contributed by atoms with Crippen LogP contribution in [0.5, 0.6) is 11.8 Å². The number of aromatic nitrogens is 3. The van der Waals surface area contributed by atoms with E-state index in [1.807, 2.05) is 4.90 Å². The molecule has 0 radical (unpaired) electrons. The maximum atomic E-state index is 17.0. The van der Waals surface area contributed by atoms with Gasteiger partial charge in [-0.05, 0) is 94.0 Å². The normalized spacial score (nSPS) is 23.6. The van der Waals surface area contributed by atoms with Crippen molar-refractivity contribution in [3.8, 4) is 35.4 Å². The Balaban J connectivity index is 1.02. The van der Waals surface area contributed by atoms with E-state index in [0.29, 0.717) is 67.4 Å². The van der Waals surface area contributed by atoms with Gasteiger partial charge in [-0.3, -0.25) is 14.7 Å². The van der Waals surface area contributed by atoms with Crippen LogP contribution < -0.4 is 9.64 Å². The van der Waals surface area contributed by atoms with Gasteiger partial charge in [0.25, 0.3) is 0 Å². The van der Waals surface area contributed by atoms with Crippen LogP contribution in [0.25, 0.3) is 32.9 Å². The molecule has 3 saturated heterocycles. The third kappa shape index (κ3) is 6.39. The summed E-state index contributed by atoms with van der Waals surface area (Å²) in [5.74, 6) is 2.65. The number of phenolic OH excluding ortho intramolecular Hbond substituents is 1. The molecule has 0 unspecified atom stereocenters. The first-order valence-corrected chi connectivity index (χ1v) is 19.6. The summed E-state index contributed by atoms with van der Waals surface area (Å²) in [5, 5.41) is 11.8. The molecule has 1 N–H and O–H groups in total. The zero-order valence-electron chi connectivity index (χ0n) is 30.5. The number of carbonyl (C=O) groups is 1. The number of amides is 1. The molecular formula is C42H46F2N6O4. The highest BCUT2D eigenvalue weighted by molar-refractivity contribution is 6.03. The lowest BCUT2D eigenvalue weighted by atomic mass is 9.75. The second kappa shape index (κ2) is 14.2. The Kier molecular flexibility index (Phi) is 9.26. The van der Waals surface area contributed by atoms with Gasteiger partial charge < -0.3 is 24.4 Å². The van der Waals surface area contributed by atoms with Gasteiger partial charge in [-0.2, -0.15) is 9.97 Å². The van der Waals surface area contributed by atoms with Crippen molar-refractivity contribution in [2.24, 2.45) is 17.3 Å². The molecule has 54 heavy (non-hydrogen) atoms. The van der Waals surface area contributed by atoms with Crippen LogP contribution in [0.1, 0.15) is 63.4 Å². The van der Waals surface area contributed by atoms with Crippen molar-refractivity contribution in [3.05, 3.63) is 47.7 Å². The Morgan fingerprint density at radius 1 is 1.06 bits per heavy atom. The topological polar surface area (TPSA) is 104 Å². The number of anilines is 1. The highest BCUT2D eigenvalue weighted by atomic mass is 19.1. The minimum atomic E-state index is -0.736. The van der Waals surface area contributed by atoms with Gasteiger partial charge in [0, 0.05) is 67.3 Å². The lowest BCUT2D eigenvalue weighted by Gasteiger charge is -2.47. The Morgan fingerprint density at radius 3 is 2.74 bits per heavy atom. The average molecular weight is 737 g/mol. The second-order valence-corrected chi connectivity index (χ2v) is 16.0. The minimum Gasteiger partial charge on any atom is -0.508 e. The fourth-order valence-electron chi connectivity index (χ4n) is 9.58. The fourth-order valence-corrected chi connectivity index (χ4v) is 9.58. The first-order valence-electron chi connectivity index (χ1n) is 19.6. The highest BCUT2D eigenvalue weighted by Crippen LogP contribution is 2.48. The van der Waals surface area contributed by atoms with Gasteiger partial charge in [-0.15, -0.1) is 6.42 Å². The zero-order chi connectivity index (χ0) is 37.0. The third-order valence-corrected chi connectivity index (χ3v) is 12.5. The number of ether oxygens (including phenoxy) is 2. The molecule has 12 heteroatoms. The number of carbonyl (C=O) groups excluding carboxylic acids is 1. The zero-order valence-corrected chi connectivity index (χ0v) is 30.5. The number of rotatable bonds is 9. The van der Waals surface area contributed by atoms with Crippen LogP contribution in [-0.4, -0.2) is 101 Å². The molecule has 1 amide bonds. The lowest BCUT2D eigenvalue weighted by molar-refractivity contribution is -0.139. The molecular weight excluding hydrogens is 690 g/mol. The Labute approximate surface area is 313 Å². The van der Waals surface area contributed by atoms with Crippen LogP contribution in [0.15, 0.2) is 30.5 Å². The fraction of sp³-hybridized carbons (Fsp3) is 0.524. The number of hydrogen-bond donors (Lipinski definition) is 1. The van der Waals surface area contributed by atoms with Crippen LogP contribution in [0.4, 0.5) is 14.6 Å². The summed E-state index contributed by atoms with van der Waals surface area (Å²) < 4.78 is 44.3. The summed E-state index contributed by atoms with van der Waals surface area (Å²) >= 11 is 0. The van der Waals surface area contributed by atoms with Gasteiger partial charge >= 0.3 is 6.01 Å². The molecule has 2 aromatic carbocycles. The molecule has 282 valence electrons. The molecule has 0 bridgehead atoms. The number of benzene rings is 2. The predicted molar refractivity (Wildman–Crippen MR) is 201 cm³/mol. The second-order valence-electron chi connectivity index (χ2n) is 16.0. The first-order chi connectivity index (χ1) is 26.3. The van der Waals surface area contributed by atoms with Gasteiger partial charge in [-0.1, -0.05) is 18.4 Å². The monoisotopic (exact) mass is 736 g/mol. The van der Waals surface area contributed by atoms with E-state index >= 15 is 4.39 Å². The molecule has 9 rings (SSSR count). The minimum absolute atomic E-state index is 0.0285. The van der Waals surface area contributed by atoms with E-state index in [1.165, 1.54) is 30.5 Å². The quantitative estimate of drug-likeness (QED) is 0.198. The summed E-state index contributed by atoms with van der Waals surface area (Å²) in [7, 11) is 0. The molecule has 3 aliphatic heterocycles. The molecule has 2 aromatic heterocycles. The molecule has 2 aliphatic carbocycles. The number of terminal acetylenes is 1. The number of halogens is 2. The van der Waals surface area contributed by atoms with Crippen molar-refractivity contribution in [3.63, 3.8) is 0 Å². The van der Waals surface area contributed by atoms with Gasteiger partial charge in [0.2, 0.25) is 5.91 Å². The lowest BCUT2D eigenvalue weighted by Crippen LogP contribution is -2.54. The van der Waals surface area contributed by atoms with Crippen molar-refractivity contribution < 1.29 is 28.2 Å². The Bertz CT molecular complexity index is 2140. The molecule has 5 fully saturated rings. The molecule has 10 nitrogen and oxygen atoms in total. The number of pyridine rings is 1. The summed E-state index contributed by atoms with van der Waals surface area (Å²) in [5.41, 5.74) is -0.00324. The molecule has 5 aliphatic rings. The van der Waals surface area contributed by atoms with Crippen molar-refractivity contribution in [2.75, 3.05) is 64.0 Å². The van der Waals surface area contributed by atoms with Gasteiger partial charge in [0.05, 0.1) is 24.2 Å². The number of phenols is 1. The third-order valence-electron chi connectivity index (χ3n) is 12.5. The number of fused-ring (bicyclic) bond motifs is 3. The number of aromatic hydroxyl groups is 1. The van der Waals surface area contributed by atoms with E-state index in [2.05, 4.69) is 20.7 Å². The number of hydrogen-bond acceptors (Lipinski definition) is 9. The van der Waals surface area contributed by atoms with E-state index < -0.39 is 11.6 Å². The molecule has 2 saturated carbocycles. The van der Waals surface area contributed by atoms with E-state index in [9.17, 15) is 14.3 Å². The van der Waals surface area contributed by atoms with Crippen molar-refractivity contribution >= 4 is 33.4 Å². The van der Waals surface area contributed by atoms with E-state index in [0.717, 1.165) is 84.0 Å². The summed E-state index contributed by atoms with van der Waals surface area (Å²) in [6.45, 7) is 6.64. The standard InChI is InChI=1S/C42H46F2N6O4/c1-2-30-33(43)10-9-28-20-29(51)21-31(35(28)30)37-36(44)38-32(22-45-37)39(49-15-5-18-53-19-17-49)47-41(46-38)54-25-42-12-3-6-34(42)48(14-4-13-42)16-11-26-23-50(24-26)40(52)27-7-8-27/h1,9-10,20-22,26-27,34,51H,3-8,11-19,23-25H2/t34-,42-/m1/s1. The predicted octanol–water partition coefficient (Wildman–Crippen LogP) is 6.31. The smallest absolute Gasteiger partial charge is 0.319 e. The van der Waals surface area contributed by atoms with Gasteiger partial charge in [-0.25, -0.2) is 8.78 Å². The van der Waals surface area contributed by atoms with Crippen molar-refractivity contribution in [2.45, 2.75) is 63.8 Å². The van der Waals surface area contributed by atoms with E-state index in [4.69, 9.17) is 25.9 Å². The summed E-state index contributed by atoms with van der Waals surface area (Å²) in [4.78, 5) is 33.4. The van der Waals surface area contributed by atoms with E-state index in [-0.39, 0.29) is 50.8 Å². The van der Waals surface area contributed by atoms with Crippen LogP contribution in [0.2, 0.25) is 0 Å². The van der Waals surface area contributed by atoms with Crippen molar-refractivity contribution in [1.29, 1.82) is 0 Å². The Hall–Kier alpha value is -4.60. The number of likely N-dealkylation sites (tertiary alicyclic amines) is 2. The molecule has 0 spiro atoms. The number of nitrogens with zero attached hydrogens (tertiary/aromatic N) is 6. The maximum Gasteiger partial charge on any atom is 0.319 e. The molecule has 4 aromatic rings. The largest absolute Gasteiger partial charge is 0.508 e. The van der Waals surface area contributed by atoms with Crippen LogP contribution in [0.3, 0.4) is 0 Å². The van der Waals surface area contributed by atoms with Gasteiger partial charge in [0.1, 0.15) is 28.6 Å². The number of piperidine rings is 1. The van der Waals surface area contributed by atoms with Crippen molar-refractivity contribution in [1.82, 2.24) is 24.8 Å².